The molecule has 194 valence electrons. The molecule has 0 atom stereocenters. The molecule has 7 nitrogen and oxygen atoms in total. The Morgan fingerprint density at radius 3 is 2.41 bits per heavy atom. The third kappa shape index (κ3) is 5.54. The molecule has 39 heavy (non-hydrogen) atoms. The second-order valence-corrected chi connectivity index (χ2v) is 9.38. The summed E-state index contributed by atoms with van der Waals surface area (Å²) in [5, 5.41) is 5.38. The Hall–Kier alpha value is -4.88. The Morgan fingerprint density at radius 1 is 0.923 bits per heavy atom. The number of nitrogens with one attached hydrogen (secondary N) is 2. The van der Waals surface area contributed by atoms with E-state index in [4.69, 9.17) is 16.3 Å². The van der Waals surface area contributed by atoms with Gasteiger partial charge in [0.1, 0.15) is 11.4 Å². The number of halogens is 1. The van der Waals surface area contributed by atoms with Crippen molar-refractivity contribution in [1.29, 1.82) is 0 Å². The van der Waals surface area contributed by atoms with Crippen LogP contribution >= 0.6 is 11.6 Å². The summed E-state index contributed by atoms with van der Waals surface area (Å²) in [6, 6.07) is 29.3. The number of para-hydroxylation sites is 1. The molecule has 0 bridgehead atoms. The van der Waals surface area contributed by atoms with E-state index in [-0.39, 0.29) is 11.3 Å². The Bertz CT molecular complexity index is 1690. The van der Waals surface area contributed by atoms with E-state index in [0.29, 0.717) is 16.3 Å². The second-order valence-electron chi connectivity index (χ2n) is 8.97. The van der Waals surface area contributed by atoms with Crippen molar-refractivity contribution in [3.05, 3.63) is 119 Å². The lowest BCUT2D eigenvalue weighted by Gasteiger charge is -2.12. The van der Waals surface area contributed by atoms with Crippen LogP contribution in [0.3, 0.4) is 0 Å². The number of carbonyl (C=O) groups is 2. The maximum absolute atomic E-state index is 13.3. The highest BCUT2D eigenvalue weighted by atomic mass is 35.5. The first-order valence-corrected chi connectivity index (χ1v) is 12.6. The molecule has 1 amide bonds. The number of H-pyrrole nitrogens is 1. The fraction of sp³-hybridized carbons (Fsp3) is 0.0645. The molecule has 1 heterocycles. The lowest BCUT2D eigenvalue weighted by atomic mass is 10.0. The molecule has 0 saturated heterocycles. The molecule has 2 N–H and O–H groups in total. The Kier molecular flexibility index (Phi) is 7.43. The van der Waals surface area contributed by atoms with E-state index in [1.54, 1.807) is 48.5 Å². The summed E-state index contributed by atoms with van der Waals surface area (Å²) in [4.78, 5) is 31.3. The zero-order chi connectivity index (χ0) is 27.4. The Morgan fingerprint density at radius 2 is 1.64 bits per heavy atom. The van der Waals surface area contributed by atoms with Crippen molar-refractivity contribution in [3.63, 3.8) is 0 Å². The highest BCUT2D eigenvalue weighted by molar-refractivity contribution is 6.33. The number of amides is 1. The largest absolute Gasteiger partial charge is 0.422 e. The first-order valence-electron chi connectivity index (χ1n) is 12.2. The van der Waals surface area contributed by atoms with Gasteiger partial charge in [0.15, 0.2) is 0 Å². The molecule has 0 aliphatic rings. The fourth-order valence-electron chi connectivity index (χ4n) is 4.21. The van der Waals surface area contributed by atoms with Gasteiger partial charge in [0.2, 0.25) is 0 Å². The molecular formula is C31H25ClN4O3. The van der Waals surface area contributed by atoms with Gasteiger partial charge in [-0.3, -0.25) is 4.79 Å². The molecule has 0 saturated carbocycles. The highest BCUT2D eigenvalue weighted by Gasteiger charge is 2.20. The van der Waals surface area contributed by atoms with Gasteiger partial charge in [-0.1, -0.05) is 66.2 Å². The molecule has 5 aromatic rings. The fourth-order valence-corrected chi connectivity index (χ4v) is 4.42. The van der Waals surface area contributed by atoms with E-state index in [2.05, 4.69) is 21.6 Å². The lowest BCUT2D eigenvalue weighted by molar-refractivity contribution is 0.0734. The topological polar surface area (TPSA) is 86.8 Å². The van der Waals surface area contributed by atoms with E-state index >= 15 is 0 Å². The summed E-state index contributed by atoms with van der Waals surface area (Å²) in [6.45, 7) is 0. The van der Waals surface area contributed by atoms with Crippen LogP contribution in [0.5, 0.6) is 5.75 Å². The number of ether oxygens (including phenoxy) is 1. The van der Waals surface area contributed by atoms with Crippen molar-refractivity contribution < 1.29 is 14.3 Å². The predicted octanol–water partition coefficient (Wildman–Crippen LogP) is 6.54. The molecule has 0 unspecified atom stereocenters. The molecule has 1 aromatic heterocycles. The molecular weight excluding hydrogens is 512 g/mol. The van der Waals surface area contributed by atoms with Crippen molar-refractivity contribution in [2.45, 2.75) is 0 Å². The molecule has 8 heteroatoms. The van der Waals surface area contributed by atoms with Crippen LogP contribution in [0.4, 0.5) is 5.69 Å². The number of benzene rings is 4. The summed E-state index contributed by atoms with van der Waals surface area (Å²) in [6.07, 6.45) is 1.43. The zero-order valence-electron chi connectivity index (χ0n) is 21.3. The summed E-state index contributed by atoms with van der Waals surface area (Å²) in [5.41, 5.74) is 7.31. The van der Waals surface area contributed by atoms with E-state index in [1.165, 1.54) is 6.21 Å². The zero-order valence-corrected chi connectivity index (χ0v) is 22.1. The number of hydrazone groups is 1. The number of fused-ring (bicyclic) bond motifs is 1. The SMILES string of the molecule is CN(C)c1ccc2[nH]c(C(=O)NN=Cc3ccccc3OC(=O)c3ccccc3Cl)c(-c3ccccc3)c2c1. The molecule has 0 aliphatic carbocycles. The van der Waals surface area contributed by atoms with Crippen LogP contribution < -0.4 is 15.1 Å². The van der Waals surface area contributed by atoms with Crippen LogP contribution in [-0.4, -0.2) is 37.2 Å². The van der Waals surface area contributed by atoms with Gasteiger partial charge in [-0.25, -0.2) is 10.2 Å². The number of hydrogen-bond acceptors (Lipinski definition) is 5. The summed E-state index contributed by atoms with van der Waals surface area (Å²) < 4.78 is 5.56. The number of carbonyl (C=O) groups excluding carboxylic acids is 2. The van der Waals surface area contributed by atoms with Gasteiger partial charge < -0.3 is 14.6 Å². The van der Waals surface area contributed by atoms with Crippen LogP contribution in [0.15, 0.2) is 102 Å². The van der Waals surface area contributed by atoms with Gasteiger partial charge in [-0.05, 0) is 48.0 Å². The van der Waals surface area contributed by atoms with E-state index in [1.807, 2.05) is 61.5 Å². The van der Waals surface area contributed by atoms with Crippen molar-refractivity contribution in [3.8, 4) is 16.9 Å². The maximum Gasteiger partial charge on any atom is 0.345 e. The van der Waals surface area contributed by atoms with Crippen molar-refractivity contribution in [1.82, 2.24) is 10.4 Å². The summed E-state index contributed by atoms with van der Waals surface area (Å²) in [5.74, 6) is -0.710. The predicted molar refractivity (Wildman–Crippen MR) is 156 cm³/mol. The number of hydrogen-bond donors (Lipinski definition) is 2. The first-order chi connectivity index (χ1) is 18.9. The number of aromatic nitrogens is 1. The average Bonchev–Trinajstić information content (AvgIpc) is 3.33. The minimum absolute atomic E-state index is 0.254. The molecule has 0 radical (unpaired) electrons. The number of anilines is 1. The maximum atomic E-state index is 13.3. The van der Waals surface area contributed by atoms with Crippen LogP contribution in [-0.2, 0) is 0 Å². The van der Waals surface area contributed by atoms with Crippen molar-refractivity contribution in [2.75, 3.05) is 19.0 Å². The number of rotatable bonds is 7. The van der Waals surface area contributed by atoms with Crippen LogP contribution in [0.2, 0.25) is 5.02 Å². The van der Waals surface area contributed by atoms with Crippen LogP contribution in [0, 0.1) is 0 Å². The highest BCUT2D eigenvalue weighted by Crippen LogP contribution is 2.34. The Balaban J connectivity index is 1.41. The third-order valence-electron chi connectivity index (χ3n) is 6.17. The quantitative estimate of drug-likeness (QED) is 0.107. The van der Waals surface area contributed by atoms with Gasteiger partial charge in [-0.15, -0.1) is 0 Å². The van der Waals surface area contributed by atoms with E-state index in [9.17, 15) is 9.59 Å². The van der Waals surface area contributed by atoms with Crippen LogP contribution in [0.1, 0.15) is 26.4 Å². The monoisotopic (exact) mass is 536 g/mol. The van der Waals surface area contributed by atoms with Crippen LogP contribution in [0.25, 0.3) is 22.0 Å². The van der Waals surface area contributed by atoms with E-state index in [0.717, 1.165) is 27.7 Å². The third-order valence-corrected chi connectivity index (χ3v) is 6.50. The average molecular weight is 537 g/mol. The van der Waals surface area contributed by atoms with E-state index < -0.39 is 11.9 Å². The second kappa shape index (κ2) is 11.2. The smallest absolute Gasteiger partial charge is 0.345 e. The first kappa shape index (κ1) is 25.8. The number of aromatic amines is 1. The standard InChI is InChI=1S/C31H25ClN4O3/c1-36(2)22-16-17-26-24(18-22)28(20-10-4-3-5-11-20)29(34-26)30(37)35-33-19-21-12-6-9-15-27(21)39-31(38)23-13-7-8-14-25(23)32/h3-19,34H,1-2H3,(H,35,37). The summed E-state index contributed by atoms with van der Waals surface area (Å²) >= 11 is 6.13. The van der Waals surface area contributed by atoms with Crippen molar-refractivity contribution in [2.24, 2.45) is 5.10 Å². The van der Waals surface area contributed by atoms with Gasteiger partial charge in [0.25, 0.3) is 5.91 Å². The minimum Gasteiger partial charge on any atom is -0.422 e. The molecule has 0 fully saturated rings. The Labute approximate surface area is 230 Å². The molecule has 0 spiro atoms. The summed E-state index contributed by atoms with van der Waals surface area (Å²) in [7, 11) is 3.95. The van der Waals surface area contributed by atoms with Gasteiger partial charge in [0, 0.05) is 41.8 Å². The minimum atomic E-state index is -0.590. The molecule has 5 rings (SSSR count). The normalized spacial score (nSPS) is 11.1. The lowest BCUT2D eigenvalue weighted by Crippen LogP contribution is -2.19. The van der Waals surface area contributed by atoms with Crippen molar-refractivity contribution >= 4 is 46.3 Å². The van der Waals surface area contributed by atoms with Gasteiger partial charge in [0.05, 0.1) is 16.8 Å². The molecule has 4 aromatic carbocycles. The number of esters is 1. The molecule has 0 aliphatic heterocycles. The van der Waals surface area contributed by atoms with Gasteiger partial charge in [-0.2, -0.15) is 5.10 Å². The van der Waals surface area contributed by atoms with Gasteiger partial charge >= 0.3 is 5.97 Å². The number of nitrogens with zero attached hydrogens (tertiary/aromatic N) is 2.